The highest BCUT2D eigenvalue weighted by Crippen LogP contribution is 2.23. The number of rotatable bonds is 3. The van der Waals surface area contributed by atoms with Crippen LogP contribution >= 0.6 is 31.9 Å². The van der Waals surface area contributed by atoms with Crippen LogP contribution in [0, 0.1) is 0 Å². The highest BCUT2D eigenvalue weighted by molar-refractivity contribution is 9.11. The van der Waals surface area contributed by atoms with Gasteiger partial charge in [0, 0.05) is 21.5 Å². The Morgan fingerprint density at radius 3 is 2.67 bits per heavy atom. The summed E-state index contributed by atoms with van der Waals surface area (Å²) in [5.41, 5.74) is 1.33. The molecule has 15 heavy (non-hydrogen) atoms. The third-order valence-corrected chi connectivity index (χ3v) is 4.21. The van der Waals surface area contributed by atoms with Crippen molar-refractivity contribution in [2.24, 2.45) is 0 Å². The minimum absolute atomic E-state index is 0.732. The molecule has 0 aliphatic heterocycles. The number of halogens is 2. The quantitative estimate of drug-likeness (QED) is 0.872. The minimum Gasteiger partial charge on any atom is -0.310 e. The van der Waals surface area contributed by atoms with Gasteiger partial charge in [0.05, 0.1) is 0 Å². The molecule has 3 heteroatoms. The van der Waals surface area contributed by atoms with E-state index in [1.807, 2.05) is 0 Å². The van der Waals surface area contributed by atoms with E-state index in [4.69, 9.17) is 0 Å². The van der Waals surface area contributed by atoms with Crippen molar-refractivity contribution in [2.45, 2.75) is 38.3 Å². The fraction of sp³-hybridized carbons (Fsp3) is 0.500. The van der Waals surface area contributed by atoms with Crippen LogP contribution in [0.2, 0.25) is 0 Å². The summed E-state index contributed by atoms with van der Waals surface area (Å²) >= 11 is 7.08. The molecule has 1 N–H and O–H groups in total. The summed E-state index contributed by atoms with van der Waals surface area (Å²) in [6.07, 6.45) is 5.45. The fourth-order valence-corrected chi connectivity index (χ4v) is 2.86. The van der Waals surface area contributed by atoms with Crippen molar-refractivity contribution < 1.29 is 0 Å². The van der Waals surface area contributed by atoms with Gasteiger partial charge in [0.25, 0.3) is 0 Å². The predicted octanol–water partition coefficient (Wildman–Crippen LogP) is 4.24. The highest BCUT2D eigenvalue weighted by Gasteiger charge is 2.14. The zero-order chi connectivity index (χ0) is 10.7. The Morgan fingerprint density at radius 1 is 1.20 bits per heavy atom. The molecule has 0 bridgehead atoms. The largest absolute Gasteiger partial charge is 0.310 e. The minimum atomic E-state index is 0.732. The number of benzene rings is 1. The maximum atomic E-state index is 3.62. The number of hydrogen-bond acceptors (Lipinski definition) is 1. The highest BCUT2D eigenvalue weighted by atomic mass is 79.9. The Hall–Kier alpha value is 0.140. The van der Waals surface area contributed by atoms with Gasteiger partial charge in [-0.3, -0.25) is 0 Å². The van der Waals surface area contributed by atoms with E-state index in [0.717, 1.165) is 17.1 Å². The molecule has 1 aromatic rings. The molecule has 0 amide bonds. The third-order valence-electron chi connectivity index (χ3n) is 2.94. The molecule has 2 rings (SSSR count). The van der Waals surface area contributed by atoms with Crippen molar-refractivity contribution >= 4 is 31.9 Å². The molecule has 0 heterocycles. The summed E-state index contributed by atoms with van der Waals surface area (Å²) in [5.74, 6) is 0. The number of hydrogen-bond donors (Lipinski definition) is 1. The SMILES string of the molecule is Brc1ccc(Br)c(CNC2CCCC2)c1. The van der Waals surface area contributed by atoms with Crippen LogP contribution in [0.15, 0.2) is 27.1 Å². The van der Waals surface area contributed by atoms with E-state index in [1.165, 1.54) is 35.7 Å². The summed E-state index contributed by atoms with van der Waals surface area (Å²) in [7, 11) is 0. The van der Waals surface area contributed by atoms with Crippen molar-refractivity contribution in [1.82, 2.24) is 5.32 Å². The van der Waals surface area contributed by atoms with E-state index in [2.05, 4.69) is 55.4 Å². The molecular weight excluding hydrogens is 318 g/mol. The second-order valence-corrected chi connectivity index (χ2v) is 5.87. The second-order valence-electron chi connectivity index (χ2n) is 4.10. The molecule has 1 fully saturated rings. The molecule has 1 aliphatic rings. The maximum Gasteiger partial charge on any atom is 0.0221 e. The molecular formula is C12H15Br2N. The third kappa shape index (κ3) is 3.30. The van der Waals surface area contributed by atoms with E-state index < -0.39 is 0 Å². The van der Waals surface area contributed by atoms with E-state index in [-0.39, 0.29) is 0 Å². The van der Waals surface area contributed by atoms with E-state index >= 15 is 0 Å². The van der Waals surface area contributed by atoms with Crippen molar-refractivity contribution in [3.63, 3.8) is 0 Å². The first-order valence-electron chi connectivity index (χ1n) is 5.43. The van der Waals surface area contributed by atoms with Crippen molar-refractivity contribution in [3.8, 4) is 0 Å². The van der Waals surface area contributed by atoms with Gasteiger partial charge in [-0.15, -0.1) is 0 Å². The van der Waals surface area contributed by atoms with Crippen LogP contribution in [0.1, 0.15) is 31.2 Å². The standard InChI is InChI=1S/C12H15Br2N/c13-10-5-6-12(14)9(7-10)8-15-11-3-1-2-4-11/h5-7,11,15H,1-4,8H2. The first-order chi connectivity index (χ1) is 7.25. The van der Waals surface area contributed by atoms with Crippen LogP contribution in [0.25, 0.3) is 0 Å². The van der Waals surface area contributed by atoms with E-state index in [0.29, 0.717) is 0 Å². The average molecular weight is 333 g/mol. The molecule has 1 aromatic carbocycles. The zero-order valence-corrected chi connectivity index (χ0v) is 11.8. The molecule has 1 nitrogen and oxygen atoms in total. The van der Waals surface area contributed by atoms with Crippen LogP contribution < -0.4 is 5.32 Å². The van der Waals surface area contributed by atoms with Gasteiger partial charge in [-0.1, -0.05) is 44.7 Å². The monoisotopic (exact) mass is 331 g/mol. The molecule has 0 aromatic heterocycles. The van der Waals surface area contributed by atoms with E-state index in [9.17, 15) is 0 Å². The van der Waals surface area contributed by atoms with Crippen LogP contribution in [-0.4, -0.2) is 6.04 Å². The van der Waals surface area contributed by atoms with Gasteiger partial charge >= 0.3 is 0 Å². The van der Waals surface area contributed by atoms with Gasteiger partial charge in [-0.05, 0) is 36.6 Å². The van der Waals surface area contributed by atoms with Crippen molar-refractivity contribution in [2.75, 3.05) is 0 Å². The maximum absolute atomic E-state index is 3.62. The fourth-order valence-electron chi connectivity index (χ4n) is 2.06. The lowest BCUT2D eigenvalue weighted by Crippen LogP contribution is -2.25. The molecule has 1 aliphatic carbocycles. The first-order valence-corrected chi connectivity index (χ1v) is 7.01. The summed E-state index contributed by atoms with van der Waals surface area (Å²) in [4.78, 5) is 0. The summed E-state index contributed by atoms with van der Waals surface area (Å²) < 4.78 is 2.34. The normalized spacial score (nSPS) is 17.2. The lowest BCUT2D eigenvalue weighted by Gasteiger charge is -2.12. The molecule has 0 unspecified atom stereocenters. The molecule has 1 saturated carbocycles. The van der Waals surface area contributed by atoms with Crippen molar-refractivity contribution in [1.29, 1.82) is 0 Å². The zero-order valence-electron chi connectivity index (χ0n) is 8.60. The smallest absolute Gasteiger partial charge is 0.0221 e. The Bertz CT molecular complexity index is 332. The van der Waals surface area contributed by atoms with Gasteiger partial charge in [0.15, 0.2) is 0 Å². The Morgan fingerprint density at radius 2 is 1.93 bits per heavy atom. The van der Waals surface area contributed by atoms with Crippen LogP contribution in [0.4, 0.5) is 0 Å². The van der Waals surface area contributed by atoms with Crippen LogP contribution in [0.3, 0.4) is 0 Å². The second kappa shape index (κ2) is 5.46. The summed E-state index contributed by atoms with van der Waals surface area (Å²) in [5, 5.41) is 3.62. The first kappa shape index (κ1) is 11.6. The summed E-state index contributed by atoms with van der Waals surface area (Å²) in [6, 6.07) is 7.06. The lowest BCUT2D eigenvalue weighted by molar-refractivity contribution is 0.523. The van der Waals surface area contributed by atoms with Gasteiger partial charge < -0.3 is 5.32 Å². The summed E-state index contributed by atoms with van der Waals surface area (Å²) in [6.45, 7) is 0.963. The predicted molar refractivity (Wildman–Crippen MR) is 70.9 cm³/mol. The van der Waals surface area contributed by atoms with Gasteiger partial charge in [0.2, 0.25) is 0 Å². The van der Waals surface area contributed by atoms with Gasteiger partial charge in [-0.2, -0.15) is 0 Å². The number of nitrogens with one attached hydrogen (secondary N) is 1. The molecule has 0 radical (unpaired) electrons. The lowest BCUT2D eigenvalue weighted by atomic mass is 10.2. The van der Waals surface area contributed by atoms with Gasteiger partial charge in [0.1, 0.15) is 0 Å². The Kier molecular flexibility index (Phi) is 4.23. The average Bonchev–Trinajstić information content (AvgIpc) is 2.72. The molecule has 0 atom stereocenters. The van der Waals surface area contributed by atoms with Crippen LogP contribution in [0.5, 0.6) is 0 Å². The van der Waals surface area contributed by atoms with E-state index in [1.54, 1.807) is 0 Å². The Balaban J connectivity index is 1.94. The molecule has 0 spiro atoms. The van der Waals surface area contributed by atoms with Gasteiger partial charge in [-0.25, -0.2) is 0 Å². The van der Waals surface area contributed by atoms with Crippen molar-refractivity contribution in [3.05, 3.63) is 32.7 Å². The molecule has 82 valence electrons. The Labute approximate surface area is 108 Å². The molecule has 0 saturated heterocycles. The topological polar surface area (TPSA) is 12.0 Å². The van der Waals surface area contributed by atoms with Crippen LogP contribution in [-0.2, 0) is 6.54 Å².